The van der Waals surface area contributed by atoms with Crippen molar-refractivity contribution in [1.82, 2.24) is 4.98 Å². The minimum absolute atomic E-state index is 0.172. The minimum atomic E-state index is -0.172. The maximum Gasteiger partial charge on any atom is 0.129 e. The van der Waals surface area contributed by atoms with Crippen LogP contribution in [0.2, 0.25) is 0 Å². The summed E-state index contributed by atoms with van der Waals surface area (Å²) in [6.45, 7) is 12.2. The summed E-state index contributed by atoms with van der Waals surface area (Å²) in [6, 6.07) is 4.12. The van der Waals surface area contributed by atoms with E-state index in [1.165, 1.54) is 0 Å². The van der Waals surface area contributed by atoms with Crippen LogP contribution >= 0.6 is 11.6 Å². The molecule has 0 aromatic carbocycles. The topological polar surface area (TPSA) is 25.4 Å². The summed E-state index contributed by atoms with van der Waals surface area (Å²) in [5.41, 5.74) is 1.78. The van der Waals surface area contributed by atoms with Gasteiger partial charge in [0.2, 0.25) is 0 Å². The van der Waals surface area contributed by atoms with Gasteiger partial charge in [-0.15, -0.1) is 11.6 Å². The maximum atomic E-state index is 6.10. The fraction of sp³-hybridized carbons (Fsp3) is 0.667. The maximum absolute atomic E-state index is 6.10. The van der Waals surface area contributed by atoms with Crippen LogP contribution in [0.3, 0.4) is 0 Å². The lowest BCUT2D eigenvalue weighted by Crippen LogP contribution is -2.57. The summed E-state index contributed by atoms with van der Waals surface area (Å²) in [5.74, 6) is 1.52. The van der Waals surface area contributed by atoms with Crippen LogP contribution < -0.4 is 4.90 Å². The highest BCUT2D eigenvalue weighted by atomic mass is 35.5. The molecular weight excluding hydrogens is 260 g/mol. The molecule has 2 heterocycles. The van der Waals surface area contributed by atoms with E-state index in [9.17, 15) is 0 Å². The van der Waals surface area contributed by atoms with E-state index in [0.29, 0.717) is 5.88 Å². The van der Waals surface area contributed by atoms with E-state index in [0.717, 1.165) is 30.2 Å². The Morgan fingerprint density at radius 3 is 2.32 bits per heavy atom. The summed E-state index contributed by atoms with van der Waals surface area (Å²) in [5, 5.41) is 0. The van der Waals surface area contributed by atoms with Crippen molar-refractivity contribution >= 4 is 17.4 Å². The van der Waals surface area contributed by atoms with Crippen molar-refractivity contribution in [3.63, 3.8) is 0 Å². The Hall–Kier alpha value is -0.800. The van der Waals surface area contributed by atoms with Gasteiger partial charge in [-0.1, -0.05) is 0 Å². The molecule has 0 unspecified atom stereocenters. The second-order valence-corrected chi connectivity index (χ2v) is 6.85. The molecule has 3 nitrogen and oxygen atoms in total. The Morgan fingerprint density at radius 1 is 1.21 bits per heavy atom. The number of hydrogen-bond donors (Lipinski definition) is 0. The van der Waals surface area contributed by atoms with E-state index < -0.39 is 0 Å². The summed E-state index contributed by atoms with van der Waals surface area (Å²) in [6.07, 6.45) is 0. The number of alkyl halides is 1. The zero-order chi connectivity index (χ0) is 14.3. The predicted molar refractivity (Wildman–Crippen MR) is 80.0 cm³/mol. The number of hydrogen-bond acceptors (Lipinski definition) is 3. The Labute approximate surface area is 120 Å². The molecule has 1 fully saturated rings. The van der Waals surface area contributed by atoms with E-state index in [1.54, 1.807) is 0 Å². The number of aryl methyl sites for hydroxylation is 1. The van der Waals surface area contributed by atoms with Crippen molar-refractivity contribution in [2.24, 2.45) is 0 Å². The molecule has 2 rings (SSSR count). The molecule has 19 heavy (non-hydrogen) atoms. The Bertz CT molecular complexity index is 455. The zero-order valence-corrected chi connectivity index (χ0v) is 13.2. The highest BCUT2D eigenvalue weighted by Gasteiger charge is 2.38. The van der Waals surface area contributed by atoms with Crippen LogP contribution in [0, 0.1) is 6.92 Å². The van der Waals surface area contributed by atoms with Gasteiger partial charge in [0.25, 0.3) is 0 Å². The Balaban J connectivity index is 2.33. The van der Waals surface area contributed by atoms with Crippen LogP contribution in [0.15, 0.2) is 12.1 Å². The quantitative estimate of drug-likeness (QED) is 0.776. The number of rotatable bonds is 2. The molecule has 0 atom stereocenters. The largest absolute Gasteiger partial charge is 0.366 e. The number of aromatic nitrogens is 1. The molecule has 0 spiro atoms. The molecule has 0 amide bonds. The number of nitrogens with zero attached hydrogens (tertiary/aromatic N) is 2. The molecule has 0 N–H and O–H groups in total. The second kappa shape index (κ2) is 4.95. The molecule has 1 aromatic heterocycles. The first kappa shape index (κ1) is 14.6. The van der Waals surface area contributed by atoms with E-state index in [4.69, 9.17) is 16.3 Å². The molecule has 1 aromatic rings. The first-order valence-electron chi connectivity index (χ1n) is 6.69. The third kappa shape index (κ3) is 3.61. The van der Waals surface area contributed by atoms with Gasteiger partial charge in [0, 0.05) is 24.7 Å². The van der Waals surface area contributed by atoms with Gasteiger partial charge >= 0.3 is 0 Å². The molecule has 0 saturated carbocycles. The van der Waals surface area contributed by atoms with Crippen LogP contribution in [-0.2, 0) is 10.6 Å². The first-order valence-corrected chi connectivity index (χ1v) is 7.23. The number of halogens is 1. The highest BCUT2D eigenvalue weighted by Crippen LogP contribution is 2.31. The lowest BCUT2D eigenvalue weighted by molar-refractivity contribution is -0.133. The lowest BCUT2D eigenvalue weighted by atomic mass is 9.99. The summed E-state index contributed by atoms with van der Waals surface area (Å²) < 4.78 is 6.10. The standard InChI is InChI=1S/C15H23ClN2O/c1-11-6-12(8-16)7-13(17-11)18-9-14(2,3)19-15(4,5)10-18/h6-7H,8-10H2,1-5H3. The molecule has 4 heteroatoms. The number of anilines is 1. The van der Waals surface area contributed by atoms with Gasteiger partial charge in [-0.2, -0.15) is 0 Å². The third-order valence-electron chi connectivity index (χ3n) is 3.17. The van der Waals surface area contributed by atoms with Crippen LogP contribution in [0.1, 0.15) is 39.0 Å². The van der Waals surface area contributed by atoms with Gasteiger partial charge in [-0.25, -0.2) is 4.98 Å². The lowest BCUT2D eigenvalue weighted by Gasteiger charge is -2.47. The minimum Gasteiger partial charge on any atom is -0.366 e. The Morgan fingerprint density at radius 2 is 1.79 bits per heavy atom. The average molecular weight is 283 g/mol. The van der Waals surface area contributed by atoms with Crippen molar-refractivity contribution in [1.29, 1.82) is 0 Å². The summed E-state index contributed by atoms with van der Waals surface area (Å²) in [4.78, 5) is 6.95. The van der Waals surface area contributed by atoms with Crippen LogP contribution in [0.5, 0.6) is 0 Å². The van der Waals surface area contributed by atoms with Gasteiger partial charge in [-0.05, 0) is 52.3 Å². The van der Waals surface area contributed by atoms with E-state index in [-0.39, 0.29) is 11.2 Å². The van der Waals surface area contributed by atoms with E-state index >= 15 is 0 Å². The molecule has 1 aliphatic rings. The average Bonchev–Trinajstić information content (AvgIpc) is 2.24. The predicted octanol–water partition coefficient (Wildman–Crippen LogP) is 3.52. The zero-order valence-electron chi connectivity index (χ0n) is 12.5. The van der Waals surface area contributed by atoms with Gasteiger partial charge in [0.15, 0.2) is 0 Å². The first-order chi connectivity index (χ1) is 8.71. The van der Waals surface area contributed by atoms with Crippen molar-refractivity contribution in [2.75, 3.05) is 18.0 Å². The van der Waals surface area contributed by atoms with Crippen molar-refractivity contribution in [2.45, 2.75) is 51.7 Å². The molecular formula is C15H23ClN2O. The summed E-state index contributed by atoms with van der Waals surface area (Å²) >= 11 is 5.95. The molecule has 0 aliphatic carbocycles. The molecule has 1 aliphatic heterocycles. The fourth-order valence-electron chi connectivity index (χ4n) is 2.91. The smallest absolute Gasteiger partial charge is 0.129 e. The third-order valence-corrected chi connectivity index (χ3v) is 3.48. The van der Waals surface area contributed by atoms with Crippen molar-refractivity contribution in [3.8, 4) is 0 Å². The fourth-order valence-corrected chi connectivity index (χ4v) is 3.06. The van der Waals surface area contributed by atoms with Gasteiger partial charge < -0.3 is 9.64 Å². The SMILES string of the molecule is Cc1cc(CCl)cc(N2CC(C)(C)OC(C)(C)C2)n1. The Kier molecular flexibility index (Phi) is 3.80. The summed E-state index contributed by atoms with van der Waals surface area (Å²) in [7, 11) is 0. The molecule has 0 bridgehead atoms. The van der Waals surface area contributed by atoms with Crippen LogP contribution in [0.25, 0.3) is 0 Å². The normalized spacial score (nSPS) is 21.5. The number of pyridine rings is 1. The number of morpholine rings is 1. The van der Waals surface area contributed by atoms with Gasteiger partial charge in [0.1, 0.15) is 5.82 Å². The van der Waals surface area contributed by atoms with Crippen molar-refractivity contribution in [3.05, 3.63) is 23.4 Å². The molecule has 1 saturated heterocycles. The van der Waals surface area contributed by atoms with Crippen LogP contribution in [0.4, 0.5) is 5.82 Å². The highest BCUT2D eigenvalue weighted by molar-refractivity contribution is 6.17. The van der Waals surface area contributed by atoms with E-state index in [2.05, 4.69) is 43.6 Å². The van der Waals surface area contributed by atoms with Crippen LogP contribution in [-0.4, -0.2) is 29.3 Å². The van der Waals surface area contributed by atoms with Gasteiger partial charge in [-0.3, -0.25) is 0 Å². The van der Waals surface area contributed by atoms with Gasteiger partial charge in [0.05, 0.1) is 11.2 Å². The molecule has 0 radical (unpaired) electrons. The second-order valence-electron chi connectivity index (χ2n) is 6.59. The van der Waals surface area contributed by atoms with Crippen molar-refractivity contribution < 1.29 is 4.74 Å². The number of ether oxygens (including phenoxy) is 1. The van der Waals surface area contributed by atoms with E-state index in [1.807, 2.05) is 13.0 Å². The molecule has 106 valence electrons. The monoisotopic (exact) mass is 282 g/mol.